The first-order chi connectivity index (χ1) is 12.5. The highest BCUT2D eigenvalue weighted by atomic mass is 32.1. The number of nitrogens with zero attached hydrogens (tertiary/aromatic N) is 1. The summed E-state index contributed by atoms with van der Waals surface area (Å²) in [5, 5.41) is 5.80. The molecule has 5 heteroatoms. The van der Waals surface area contributed by atoms with E-state index in [0.717, 1.165) is 22.2 Å². The van der Waals surface area contributed by atoms with Crippen LogP contribution < -0.4 is 5.32 Å². The topological polar surface area (TPSA) is 55.1 Å². The number of aryl methyl sites for hydroxylation is 1. The van der Waals surface area contributed by atoms with E-state index in [2.05, 4.69) is 36.3 Å². The lowest BCUT2D eigenvalue weighted by Gasteiger charge is -2.21. The fourth-order valence-corrected chi connectivity index (χ4v) is 3.72. The molecule has 0 saturated carbocycles. The predicted octanol–water partition coefficient (Wildman–Crippen LogP) is 4.81. The molecule has 136 valence electrons. The van der Waals surface area contributed by atoms with Crippen LogP contribution in [0, 0.1) is 12.8 Å². The van der Waals surface area contributed by atoms with E-state index in [1.54, 1.807) is 0 Å². The van der Waals surface area contributed by atoms with Crippen LogP contribution >= 0.6 is 11.3 Å². The normalized spacial score (nSPS) is 12.3. The van der Waals surface area contributed by atoms with Gasteiger partial charge in [-0.25, -0.2) is 4.98 Å². The van der Waals surface area contributed by atoms with Gasteiger partial charge < -0.3 is 9.73 Å². The quantitative estimate of drug-likeness (QED) is 0.651. The summed E-state index contributed by atoms with van der Waals surface area (Å²) < 4.78 is 5.59. The Kier molecular flexibility index (Phi) is 5.89. The molecule has 3 aromatic rings. The smallest absolute Gasteiger partial charge is 0.226 e. The Balaban J connectivity index is 1.58. The summed E-state index contributed by atoms with van der Waals surface area (Å²) in [7, 11) is 0. The lowest BCUT2D eigenvalue weighted by molar-refractivity contribution is -0.120. The maximum atomic E-state index is 12.4. The lowest BCUT2D eigenvalue weighted by Crippen LogP contribution is -2.31. The van der Waals surface area contributed by atoms with Gasteiger partial charge >= 0.3 is 0 Å². The van der Waals surface area contributed by atoms with Crippen molar-refractivity contribution in [3.8, 4) is 10.8 Å². The first-order valence-electron chi connectivity index (χ1n) is 8.86. The van der Waals surface area contributed by atoms with Crippen LogP contribution in [0.5, 0.6) is 0 Å². The van der Waals surface area contributed by atoms with E-state index in [-0.39, 0.29) is 12.3 Å². The molecule has 0 fully saturated rings. The van der Waals surface area contributed by atoms with Gasteiger partial charge in [-0.05, 0) is 30.5 Å². The van der Waals surface area contributed by atoms with E-state index in [4.69, 9.17) is 4.42 Å². The number of rotatable bonds is 7. The summed E-state index contributed by atoms with van der Waals surface area (Å²) in [6.07, 6.45) is 0.287. The Labute approximate surface area is 158 Å². The van der Waals surface area contributed by atoms with E-state index in [1.807, 2.05) is 42.6 Å². The number of hydrogen-bond acceptors (Lipinski definition) is 4. The largest absolute Gasteiger partial charge is 0.459 e. The number of carbonyl (C=O) groups is 1. The van der Waals surface area contributed by atoms with E-state index < -0.39 is 0 Å². The standard InChI is InChI=1S/C21H24N2O2S/c1-14(2)18(16-7-5-4-6-8-16)12-22-20(24)11-17-13-26-21(23-17)19-10-9-15(3)25-19/h4-10,13-14,18H,11-12H2,1-3H3,(H,22,24). The SMILES string of the molecule is Cc1ccc(-c2nc(CC(=O)NCC(c3ccccc3)C(C)C)cs2)o1. The van der Waals surface area contributed by atoms with Crippen LogP contribution in [0.1, 0.15) is 36.8 Å². The zero-order chi connectivity index (χ0) is 18.5. The zero-order valence-electron chi connectivity index (χ0n) is 15.4. The fraction of sp³-hybridized carbons (Fsp3) is 0.333. The molecule has 0 saturated heterocycles. The summed E-state index contributed by atoms with van der Waals surface area (Å²) in [5.41, 5.74) is 2.03. The van der Waals surface area contributed by atoms with Gasteiger partial charge in [0.1, 0.15) is 5.76 Å². The van der Waals surface area contributed by atoms with Crippen LogP contribution in [0.3, 0.4) is 0 Å². The monoisotopic (exact) mass is 368 g/mol. The van der Waals surface area contributed by atoms with E-state index in [1.165, 1.54) is 16.9 Å². The predicted molar refractivity (Wildman–Crippen MR) is 105 cm³/mol. The number of carbonyl (C=O) groups excluding carboxylic acids is 1. The Bertz CT molecular complexity index is 852. The molecular formula is C21H24N2O2S. The highest BCUT2D eigenvalue weighted by Crippen LogP contribution is 2.26. The number of amides is 1. The highest BCUT2D eigenvalue weighted by molar-refractivity contribution is 7.13. The van der Waals surface area contributed by atoms with Gasteiger partial charge in [0.2, 0.25) is 5.91 Å². The van der Waals surface area contributed by atoms with E-state index in [9.17, 15) is 4.79 Å². The second kappa shape index (κ2) is 8.32. The van der Waals surface area contributed by atoms with E-state index >= 15 is 0 Å². The summed E-state index contributed by atoms with van der Waals surface area (Å²) in [4.78, 5) is 16.9. The molecule has 1 N–H and O–H groups in total. The first-order valence-corrected chi connectivity index (χ1v) is 9.73. The molecule has 0 radical (unpaired) electrons. The summed E-state index contributed by atoms with van der Waals surface area (Å²) in [5.74, 6) is 2.36. The molecule has 0 aliphatic heterocycles. The molecule has 1 amide bonds. The molecule has 2 heterocycles. The third kappa shape index (κ3) is 4.61. The molecule has 1 aromatic carbocycles. The van der Waals surface area contributed by atoms with Crippen LogP contribution in [0.25, 0.3) is 10.8 Å². The van der Waals surface area contributed by atoms with Crippen molar-refractivity contribution < 1.29 is 9.21 Å². The van der Waals surface area contributed by atoms with Crippen molar-refractivity contribution in [2.24, 2.45) is 5.92 Å². The van der Waals surface area contributed by atoms with Crippen LogP contribution in [0.2, 0.25) is 0 Å². The first kappa shape index (κ1) is 18.4. The number of thiazole rings is 1. The number of nitrogens with one attached hydrogen (secondary N) is 1. The molecule has 4 nitrogen and oxygen atoms in total. The summed E-state index contributed by atoms with van der Waals surface area (Å²) in [6.45, 7) is 6.90. The van der Waals surface area contributed by atoms with Crippen molar-refractivity contribution in [1.29, 1.82) is 0 Å². The molecule has 3 rings (SSSR count). The minimum absolute atomic E-state index is 0.000874. The maximum absolute atomic E-state index is 12.4. The Hall–Kier alpha value is -2.40. The van der Waals surface area contributed by atoms with Gasteiger partial charge in [0.05, 0.1) is 12.1 Å². The van der Waals surface area contributed by atoms with Crippen LogP contribution in [-0.2, 0) is 11.2 Å². The Morgan fingerprint density at radius 1 is 1.19 bits per heavy atom. The van der Waals surface area contributed by atoms with Crippen molar-refractivity contribution in [3.63, 3.8) is 0 Å². The van der Waals surface area contributed by atoms with Crippen molar-refractivity contribution in [2.45, 2.75) is 33.1 Å². The van der Waals surface area contributed by atoms with Crippen molar-refractivity contribution in [3.05, 3.63) is 64.9 Å². The van der Waals surface area contributed by atoms with Gasteiger partial charge in [-0.3, -0.25) is 4.79 Å². The third-order valence-electron chi connectivity index (χ3n) is 4.40. The summed E-state index contributed by atoms with van der Waals surface area (Å²) in [6, 6.07) is 14.2. The van der Waals surface area contributed by atoms with Crippen LogP contribution in [0.15, 0.2) is 52.3 Å². The van der Waals surface area contributed by atoms with Gasteiger partial charge in [0, 0.05) is 17.8 Å². The second-order valence-electron chi connectivity index (χ2n) is 6.80. The molecular weight excluding hydrogens is 344 g/mol. The molecule has 0 aliphatic carbocycles. The van der Waals surface area contributed by atoms with E-state index in [0.29, 0.717) is 18.4 Å². The zero-order valence-corrected chi connectivity index (χ0v) is 16.2. The highest BCUT2D eigenvalue weighted by Gasteiger charge is 2.17. The van der Waals surface area contributed by atoms with Crippen LogP contribution in [-0.4, -0.2) is 17.4 Å². The van der Waals surface area contributed by atoms with Crippen LogP contribution in [0.4, 0.5) is 0 Å². The van der Waals surface area contributed by atoms with Gasteiger partial charge in [-0.15, -0.1) is 11.3 Å². The van der Waals surface area contributed by atoms with Crippen molar-refractivity contribution >= 4 is 17.2 Å². The number of benzene rings is 1. The molecule has 0 spiro atoms. The van der Waals surface area contributed by atoms with Crippen molar-refractivity contribution in [1.82, 2.24) is 10.3 Å². The van der Waals surface area contributed by atoms with Gasteiger partial charge in [0.25, 0.3) is 0 Å². The lowest BCUT2D eigenvalue weighted by atomic mass is 9.88. The molecule has 2 aromatic heterocycles. The maximum Gasteiger partial charge on any atom is 0.226 e. The number of aromatic nitrogens is 1. The minimum atomic E-state index is -0.000874. The second-order valence-corrected chi connectivity index (χ2v) is 7.65. The molecule has 0 aliphatic rings. The average Bonchev–Trinajstić information content (AvgIpc) is 3.24. The van der Waals surface area contributed by atoms with Gasteiger partial charge in [0.15, 0.2) is 10.8 Å². The molecule has 1 unspecified atom stereocenters. The number of hydrogen-bond donors (Lipinski definition) is 1. The number of furan rings is 1. The molecule has 26 heavy (non-hydrogen) atoms. The van der Waals surface area contributed by atoms with Gasteiger partial charge in [-0.1, -0.05) is 44.2 Å². The minimum Gasteiger partial charge on any atom is -0.459 e. The average molecular weight is 369 g/mol. The van der Waals surface area contributed by atoms with Gasteiger partial charge in [-0.2, -0.15) is 0 Å². The Morgan fingerprint density at radius 2 is 1.96 bits per heavy atom. The Morgan fingerprint density at radius 3 is 2.62 bits per heavy atom. The fourth-order valence-electron chi connectivity index (χ4n) is 2.94. The molecule has 1 atom stereocenters. The third-order valence-corrected chi connectivity index (χ3v) is 5.30. The van der Waals surface area contributed by atoms with Crippen molar-refractivity contribution in [2.75, 3.05) is 6.54 Å². The summed E-state index contributed by atoms with van der Waals surface area (Å²) >= 11 is 1.50. The molecule has 0 bridgehead atoms.